The number of hydrogen-bond acceptors (Lipinski definition) is 5. The molecule has 0 saturated heterocycles. The van der Waals surface area contributed by atoms with Crippen molar-refractivity contribution in [3.05, 3.63) is 84.3 Å². The first-order valence-electron chi connectivity index (χ1n) is 12.5. The molecule has 178 valence electrons. The first-order chi connectivity index (χ1) is 17.6. The van der Waals surface area contributed by atoms with Crippen LogP contribution in [-0.4, -0.2) is 26.6 Å². The zero-order valence-corrected chi connectivity index (χ0v) is 20.3. The van der Waals surface area contributed by atoms with Gasteiger partial charge in [0.15, 0.2) is 0 Å². The van der Waals surface area contributed by atoms with Gasteiger partial charge in [0.25, 0.3) is 0 Å². The van der Waals surface area contributed by atoms with Gasteiger partial charge in [-0.15, -0.1) is 0 Å². The van der Waals surface area contributed by atoms with Gasteiger partial charge in [0, 0.05) is 52.7 Å². The zero-order valence-electron chi connectivity index (χ0n) is 20.3. The number of anilines is 1. The van der Waals surface area contributed by atoms with Crippen LogP contribution < -0.4 is 11.1 Å². The predicted octanol–water partition coefficient (Wildman–Crippen LogP) is 6.10. The molecule has 1 fully saturated rings. The summed E-state index contributed by atoms with van der Waals surface area (Å²) < 4.78 is 2.12. The number of aromatic nitrogens is 3. The van der Waals surface area contributed by atoms with Crippen molar-refractivity contribution in [2.75, 3.05) is 5.32 Å². The second kappa shape index (κ2) is 9.10. The lowest BCUT2D eigenvalue weighted by atomic mass is 9.91. The summed E-state index contributed by atoms with van der Waals surface area (Å²) in [6.07, 6.45) is 9.98. The van der Waals surface area contributed by atoms with Gasteiger partial charge in [-0.1, -0.05) is 18.2 Å². The van der Waals surface area contributed by atoms with E-state index in [1.807, 2.05) is 42.7 Å². The molecule has 2 aromatic carbocycles. The van der Waals surface area contributed by atoms with Gasteiger partial charge in [-0.25, -0.2) is 4.98 Å². The maximum absolute atomic E-state index is 9.73. The van der Waals surface area contributed by atoms with E-state index in [1.165, 1.54) is 0 Å². The van der Waals surface area contributed by atoms with Crippen LogP contribution in [0.1, 0.15) is 36.8 Å². The highest BCUT2D eigenvalue weighted by Crippen LogP contribution is 2.34. The lowest BCUT2D eigenvalue weighted by Crippen LogP contribution is -2.33. The summed E-state index contributed by atoms with van der Waals surface area (Å²) in [4.78, 5) is 9.44. The molecule has 0 bridgehead atoms. The van der Waals surface area contributed by atoms with Crippen LogP contribution in [0.15, 0.2) is 73.2 Å². The van der Waals surface area contributed by atoms with Crippen molar-refractivity contribution >= 4 is 27.6 Å². The number of nitrogens with one attached hydrogen (secondary N) is 1. The van der Waals surface area contributed by atoms with Gasteiger partial charge >= 0.3 is 0 Å². The van der Waals surface area contributed by atoms with Crippen molar-refractivity contribution < 1.29 is 0 Å². The van der Waals surface area contributed by atoms with Crippen LogP contribution in [0.3, 0.4) is 0 Å². The molecule has 0 unspecified atom stereocenters. The van der Waals surface area contributed by atoms with Crippen molar-refractivity contribution in [3.63, 3.8) is 0 Å². The average Bonchev–Trinajstić information content (AvgIpc) is 3.26. The van der Waals surface area contributed by atoms with E-state index in [4.69, 9.17) is 10.7 Å². The average molecular weight is 473 g/mol. The Morgan fingerprint density at radius 2 is 1.86 bits per heavy atom. The Hall–Kier alpha value is -4.21. The number of aryl methyl sites for hydroxylation is 1. The molecule has 3 aromatic heterocycles. The van der Waals surface area contributed by atoms with Gasteiger partial charge in [0.1, 0.15) is 11.7 Å². The molecule has 1 saturated carbocycles. The molecular weight excluding hydrogens is 444 g/mol. The van der Waals surface area contributed by atoms with Gasteiger partial charge in [0.2, 0.25) is 0 Å². The molecule has 5 aromatic rings. The molecule has 0 atom stereocenters. The lowest BCUT2D eigenvalue weighted by molar-refractivity contribution is 0.411. The summed E-state index contributed by atoms with van der Waals surface area (Å²) in [6, 6.07) is 21.3. The van der Waals surface area contributed by atoms with Gasteiger partial charge in [-0.2, -0.15) is 5.26 Å². The van der Waals surface area contributed by atoms with Crippen molar-refractivity contribution in [3.8, 4) is 22.9 Å². The van der Waals surface area contributed by atoms with Crippen LogP contribution in [0, 0.1) is 18.3 Å². The monoisotopic (exact) mass is 472 g/mol. The van der Waals surface area contributed by atoms with Crippen LogP contribution in [0.2, 0.25) is 0 Å². The lowest BCUT2D eigenvalue weighted by Gasteiger charge is -2.28. The van der Waals surface area contributed by atoms with E-state index >= 15 is 0 Å². The van der Waals surface area contributed by atoms with Crippen molar-refractivity contribution in [2.45, 2.75) is 44.7 Å². The molecule has 6 nitrogen and oxygen atoms in total. The zero-order chi connectivity index (χ0) is 24.6. The molecule has 1 aliphatic rings. The van der Waals surface area contributed by atoms with Gasteiger partial charge < -0.3 is 15.6 Å². The number of benzene rings is 2. The predicted molar refractivity (Wildman–Crippen MR) is 145 cm³/mol. The molecule has 0 aliphatic heterocycles. The minimum absolute atomic E-state index is 0.289. The van der Waals surface area contributed by atoms with E-state index in [0.717, 1.165) is 75.7 Å². The molecule has 0 spiro atoms. The van der Waals surface area contributed by atoms with E-state index < -0.39 is 0 Å². The number of fused-ring (bicyclic) bond motifs is 2. The fraction of sp³-hybridized carbons (Fsp3) is 0.233. The van der Waals surface area contributed by atoms with E-state index in [2.05, 4.69) is 58.3 Å². The third-order valence-corrected chi connectivity index (χ3v) is 7.31. The Bertz CT molecular complexity index is 1620. The van der Waals surface area contributed by atoms with Crippen LogP contribution in [0.25, 0.3) is 38.8 Å². The number of nitriles is 1. The van der Waals surface area contributed by atoms with Crippen LogP contribution in [0.5, 0.6) is 0 Å². The maximum Gasteiger partial charge on any atom is 0.145 e. The minimum Gasteiger partial charge on any atom is -0.381 e. The highest BCUT2D eigenvalue weighted by atomic mass is 15.0. The molecule has 1 aliphatic carbocycles. The molecule has 3 N–H and O–H groups in total. The molecule has 3 heterocycles. The summed E-state index contributed by atoms with van der Waals surface area (Å²) in [5, 5.41) is 15.6. The highest BCUT2D eigenvalue weighted by Gasteiger charge is 2.20. The van der Waals surface area contributed by atoms with E-state index in [9.17, 15) is 5.26 Å². The Morgan fingerprint density at radius 1 is 1.03 bits per heavy atom. The third kappa shape index (κ3) is 3.98. The van der Waals surface area contributed by atoms with Gasteiger partial charge in [-0.05, 0) is 80.1 Å². The number of nitrogens with zero attached hydrogens (tertiary/aromatic N) is 4. The summed E-state index contributed by atoms with van der Waals surface area (Å²) in [5.41, 5.74) is 13.8. The molecule has 6 rings (SSSR count). The summed E-state index contributed by atoms with van der Waals surface area (Å²) in [6.45, 7) is 2.12. The molecule has 0 radical (unpaired) electrons. The number of nitrogens with two attached hydrogens (primary N) is 1. The van der Waals surface area contributed by atoms with Crippen molar-refractivity contribution in [2.24, 2.45) is 5.73 Å². The first-order valence-corrected chi connectivity index (χ1v) is 12.5. The van der Waals surface area contributed by atoms with Crippen molar-refractivity contribution in [1.82, 2.24) is 14.5 Å². The standard InChI is InChI=1S/C30H28N6/c1-19-18-36(25-11-6-21(16-31)28(15-25)35-24-9-7-23(32)8-10-24)30-29(19)26(12-13-33-30)22-14-20-4-2-3-5-27(20)34-17-22/h2-6,11-15,17-18,23-24,35H,7-10,32H2,1H3/t23-,24-. The third-order valence-electron chi connectivity index (χ3n) is 7.31. The SMILES string of the molecule is Cc1cn(-c2ccc(C#N)c(N[C@H]3CC[C@H](N)CC3)c2)c2nccc(-c3cnc4ccccc4c3)c12. The number of pyridine rings is 2. The van der Waals surface area contributed by atoms with Crippen LogP contribution in [-0.2, 0) is 0 Å². The summed E-state index contributed by atoms with van der Waals surface area (Å²) in [5.74, 6) is 0. The molecule has 0 amide bonds. The largest absolute Gasteiger partial charge is 0.381 e. The van der Waals surface area contributed by atoms with Gasteiger partial charge in [-0.3, -0.25) is 4.98 Å². The Balaban J connectivity index is 1.42. The second-order valence-corrected chi connectivity index (χ2v) is 9.75. The fourth-order valence-corrected chi connectivity index (χ4v) is 5.38. The molecular formula is C30H28N6. The molecule has 6 heteroatoms. The number of hydrogen-bond donors (Lipinski definition) is 2. The number of para-hydroxylation sites is 1. The smallest absolute Gasteiger partial charge is 0.145 e. The first kappa shape index (κ1) is 22.3. The molecule has 36 heavy (non-hydrogen) atoms. The quantitative estimate of drug-likeness (QED) is 0.330. The fourth-order valence-electron chi connectivity index (χ4n) is 5.38. The number of rotatable bonds is 4. The summed E-state index contributed by atoms with van der Waals surface area (Å²) in [7, 11) is 0. The maximum atomic E-state index is 9.73. The topological polar surface area (TPSA) is 92.5 Å². The van der Waals surface area contributed by atoms with Crippen LogP contribution >= 0.6 is 0 Å². The highest BCUT2D eigenvalue weighted by molar-refractivity contribution is 5.98. The van der Waals surface area contributed by atoms with E-state index in [-0.39, 0.29) is 6.04 Å². The van der Waals surface area contributed by atoms with Gasteiger partial charge in [0.05, 0.1) is 16.8 Å². The van der Waals surface area contributed by atoms with E-state index in [1.54, 1.807) is 0 Å². The van der Waals surface area contributed by atoms with E-state index in [0.29, 0.717) is 11.6 Å². The normalized spacial score (nSPS) is 17.8. The Labute approximate surface area is 210 Å². The summed E-state index contributed by atoms with van der Waals surface area (Å²) >= 11 is 0. The van der Waals surface area contributed by atoms with Crippen molar-refractivity contribution in [1.29, 1.82) is 5.26 Å². The minimum atomic E-state index is 0.289. The Morgan fingerprint density at radius 3 is 2.69 bits per heavy atom. The Kier molecular flexibility index (Phi) is 5.63. The van der Waals surface area contributed by atoms with Crippen LogP contribution in [0.4, 0.5) is 5.69 Å². The second-order valence-electron chi connectivity index (χ2n) is 9.75.